The highest BCUT2D eigenvalue weighted by molar-refractivity contribution is 5.30. The summed E-state index contributed by atoms with van der Waals surface area (Å²) in [7, 11) is 0. The van der Waals surface area contributed by atoms with Crippen molar-refractivity contribution < 1.29 is 4.42 Å². The van der Waals surface area contributed by atoms with Gasteiger partial charge in [-0.3, -0.25) is 0 Å². The van der Waals surface area contributed by atoms with Crippen LogP contribution in [0.2, 0.25) is 0 Å². The molecule has 0 aliphatic heterocycles. The zero-order chi connectivity index (χ0) is 6.15. The van der Waals surface area contributed by atoms with Gasteiger partial charge in [0, 0.05) is 6.92 Å². The van der Waals surface area contributed by atoms with E-state index in [9.17, 15) is 0 Å². The number of oxazole rings is 1. The number of nitrogens with two attached hydrogens (primary N) is 1. The molecule has 1 aromatic rings. The Morgan fingerprint density at radius 3 is 2.25 bits per heavy atom. The minimum atomic E-state index is 0.488. The molecule has 3 heteroatoms. The molecular formula is C5H8N2O. The standard InChI is InChI=1S/C5H8N2O/c1-3-5(6)7-4(2)8-3/h6H2,1-2H3. The van der Waals surface area contributed by atoms with Crippen LogP contribution in [-0.2, 0) is 0 Å². The number of anilines is 1. The summed E-state index contributed by atoms with van der Waals surface area (Å²) in [6.45, 7) is 3.55. The summed E-state index contributed by atoms with van der Waals surface area (Å²) in [4.78, 5) is 3.82. The molecule has 1 aromatic heterocycles. The van der Waals surface area contributed by atoms with Crippen molar-refractivity contribution in [2.75, 3.05) is 5.73 Å². The van der Waals surface area contributed by atoms with Crippen LogP contribution in [0.5, 0.6) is 0 Å². The van der Waals surface area contributed by atoms with Crippen LogP contribution in [0.1, 0.15) is 11.7 Å². The molecule has 0 spiro atoms. The highest BCUT2D eigenvalue weighted by Gasteiger charge is 1.98. The lowest BCUT2D eigenvalue weighted by atomic mass is 10.5. The van der Waals surface area contributed by atoms with Crippen molar-refractivity contribution >= 4 is 5.82 Å². The second kappa shape index (κ2) is 1.51. The smallest absolute Gasteiger partial charge is 0.193 e. The number of aromatic nitrogens is 1. The first-order valence-electron chi connectivity index (χ1n) is 2.39. The number of aryl methyl sites for hydroxylation is 2. The molecule has 0 aliphatic rings. The molecule has 0 fully saturated rings. The number of rotatable bonds is 0. The highest BCUT2D eigenvalue weighted by atomic mass is 16.4. The maximum absolute atomic E-state index is 5.34. The Morgan fingerprint density at radius 2 is 2.12 bits per heavy atom. The fourth-order valence-electron chi connectivity index (χ4n) is 0.545. The maximum Gasteiger partial charge on any atom is 0.193 e. The van der Waals surface area contributed by atoms with Gasteiger partial charge in [-0.05, 0) is 6.92 Å². The molecule has 2 N–H and O–H groups in total. The quantitative estimate of drug-likeness (QED) is 0.541. The van der Waals surface area contributed by atoms with Gasteiger partial charge in [-0.2, -0.15) is 4.98 Å². The van der Waals surface area contributed by atoms with E-state index < -0.39 is 0 Å². The van der Waals surface area contributed by atoms with Crippen LogP contribution in [0.15, 0.2) is 4.42 Å². The van der Waals surface area contributed by atoms with Crippen molar-refractivity contribution in [3.05, 3.63) is 11.7 Å². The van der Waals surface area contributed by atoms with Crippen molar-refractivity contribution in [2.45, 2.75) is 13.8 Å². The van der Waals surface area contributed by atoms with E-state index in [0.29, 0.717) is 17.5 Å². The fourth-order valence-corrected chi connectivity index (χ4v) is 0.545. The molecule has 0 amide bonds. The third-order valence-corrected chi connectivity index (χ3v) is 0.939. The van der Waals surface area contributed by atoms with Crippen LogP contribution in [0.4, 0.5) is 5.82 Å². The average Bonchev–Trinajstić information content (AvgIpc) is 1.85. The Labute approximate surface area is 47.5 Å². The lowest BCUT2D eigenvalue weighted by Crippen LogP contribution is -1.85. The number of hydrogen-bond donors (Lipinski definition) is 1. The first-order valence-corrected chi connectivity index (χ1v) is 2.39. The summed E-state index contributed by atoms with van der Waals surface area (Å²) in [6, 6.07) is 0. The van der Waals surface area contributed by atoms with E-state index >= 15 is 0 Å². The molecule has 0 saturated carbocycles. The molecule has 3 nitrogen and oxygen atoms in total. The van der Waals surface area contributed by atoms with Gasteiger partial charge in [-0.25, -0.2) is 0 Å². The van der Waals surface area contributed by atoms with Gasteiger partial charge in [0.15, 0.2) is 11.7 Å². The van der Waals surface area contributed by atoms with Crippen LogP contribution in [0.25, 0.3) is 0 Å². The Bertz CT molecular complexity index is 173. The van der Waals surface area contributed by atoms with Gasteiger partial charge in [0.05, 0.1) is 0 Å². The minimum absolute atomic E-state index is 0.488. The topological polar surface area (TPSA) is 52.0 Å². The third-order valence-electron chi connectivity index (χ3n) is 0.939. The molecule has 0 bridgehead atoms. The predicted octanol–water partition coefficient (Wildman–Crippen LogP) is 0.874. The molecule has 44 valence electrons. The van der Waals surface area contributed by atoms with Crippen LogP contribution in [0.3, 0.4) is 0 Å². The average molecular weight is 112 g/mol. The lowest BCUT2D eigenvalue weighted by molar-refractivity contribution is 0.495. The largest absolute Gasteiger partial charge is 0.444 e. The van der Waals surface area contributed by atoms with Gasteiger partial charge in [0.1, 0.15) is 5.76 Å². The summed E-state index contributed by atoms with van der Waals surface area (Å²) in [6.07, 6.45) is 0. The molecular weight excluding hydrogens is 104 g/mol. The summed E-state index contributed by atoms with van der Waals surface area (Å²) < 4.78 is 4.98. The monoisotopic (exact) mass is 112 g/mol. The van der Waals surface area contributed by atoms with Gasteiger partial charge in [-0.1, -0.05) is 0 Å². The molecule has 1 rings (SSSR count). The lowest BCUT2D eigenvalue weighted by Gasteiger charge is -1.77. The van der Waals surface area contributed by atoms with E-state index in [1.807, 2.05) is 0 Å². The van der Waals surface area contributed by atoms with Crippen LogP contribution in [-0.4, -0.2) is 4.98 Å². The second-order valence-electron chi connectivity index (χ2n) is 1.67. The van der Waals surface area contributed by atoms with Gasteiger partial charge in [-0.15, -0.1) is 0 Å². The minimum Gasteiger partial charge on any atom is -0.444 e. The van der Waals surface area contributed by atoms with Crippen molar-refractivity contribution in [2.24, 2.45) is 0 Å². The molecule has 0 atom stereocenters. The Kier molecular flexibility index (Phi) is 0.970. The zero-order valence-corrected chi connectivity index (χ0v) is 4.93. The first kappa shape index (κ1) is 5.15. The molecule has 8 heavy (non-hydrogen) atoms. The molecule has 0 aliphatic carbocycles. The SMILES string of the molecule is Cc1nc(N)c(C)o1. The van der Waals surface area contributed by atoms with Crippen molar-refractivity contribution in [3.63, 3.8) is 0 Å². The van der Waals surface area contributed by atoms with Gasteiger partial charge in [0.25, 0.3) is 0 Å². The normalized spacial score (nSPS) is 9.75. The molecule has 0 aromatic carbocycles. The summed E-state index contributed by atoms with van der Waals surface area (Å²) in [5, 5.41) is 0. The van der Waals surface area contributed by atoms with E-state index in [-0.39, 0.29) is 0 Å². The highest BCUT2D eigenvalue weighted by Crippen LogP contribution is 2.08. The fraction of sp³-hybridized carbons (Fsp3) is 0.400. The number of hydrogen-bond acceptors (Lipinski definition) is 3. The Morgan fingerprint density at radius 1 is 1.50 bits per heavy atom. The second-order valence-corrected chi connectivity index (χ2v) is 1.67. The molecule has 0 saturated heterocycles. The van der Waals surface area contributed by atoms with Gasteiger partial charge >= 0.3 is 0 Å². The zero-order valence-electron chi connectivity index (χ0n) is 4.93. The van der Waals surface area contributed by atoms with Crippen LogP contribution >= 0.6 is 0 Å². The maximum atomic E-state index is 5.34. The van der Waals surface area contributed by atoms with E-state index in [1.54, 1.807) is 13.8 Å². The molecule has 0 radical (unpaired) electrons. The third kappa shape index (κ3) is 0.665. The van der Waals surface area contributed by atoms with E-state index in [0.717, 1.165) is 0 Å². The number of nitrogen functional groups attached to an aromatic ring is 1. The Hall–Kier alpha value is -0.990. The van der Waals surface area contributed by atoms with Crippen molar-refractivity contribution in [3.8, 4) is 0 Å². The van der Waals surface area contributed by atoms with Crippen LogP contribution in [0, 0.1) is 13.8 Å². The predicted molar refractivity (Wildman–Crippen MR) is 30.4 cm³/mol. The summed E-state index contributed by atoms with van der Waals surface area (Å²) in [5.74, 6) is 1.81. The molecule has 0 unspecified atom stereocenters. The van der Waals surface area contributed by atoms with E-state index in [2.05, 4.69) is 4.98 Å². The summed E-state index contributed by atoms with van der Waals surface area (Å²) in [5.41, 5.74) is 5.34. The van der Waals surface area contributed by atoms with Crippen molar-refractivity contribution in [1.82, 2.24) is 4.98 Å². The summed E-state index contributed by atoms with van der Waals surface area (Å²) >= 11 is 0. The van der Waals surface area contributed by atoms with E-state index in [1.165, 1.54) is 0 Å². The molecule has 1 heterocycles. The number of nitrogens with zero attached hydrogens (tertiary/aromatic N) is 1. The van der Waals surface area contributed by atoms with Gasteiger partial charge in [0.2, 0.25) is 0 Å². The van der Waals surface area contributed by atoms with Crippen LogP contribution < -0.4 is 5.73 Å². The first-order chi connectivity index (χ1) is 3.70. The Balaban J connectivity index is 3.14. The van der Waals surface area contributed by atoms with Gasteiger partial charge < -0.3 is 10.2 Å². The van der Waals surface area contributed by atoms with E-state index in [4.69, 9.17) is 10.2 Å². The van der Waals surface area contributed by atoms with Crippen molar-refractivity contribution in [1.29, 1.82) is 0 Å².